The van der Waals surface area contributed by atoms with Crippen molar-refractivity contribution in [3.8, 4) is 0 Å². The maximum atomic E-state index is 3.47. The van der Waals surface area contributed by atoms with Gasteiger partial charge in [-0.3, -0.25) is 0 Å². The Hall–Kier alpha value is -0.790. The van der Waals surface area contributed by atoms with Gasteiger partial charge in [0, 0.05) is 6.04 Å². The molecule has 0 heterocycles. The molecule has 1 aliphatic rings. The van der Waals surface area contributed by atoms with E-state index in [1.54, 1.807) is 0 Å². The summed E-state index contributed by atoms with van der Waals surface area (Å²) in [7, 11) is 0. The molecule has 1 aromatic rings. The predicted octanol–water partition coefficient (Wildman–Crippen LogP) is 3.05. The van der Waals surface area contributed by atoms with Crippen LogP contribution in [0.1, 0.15) is 24.5 Å². The maximum Gasteiger partial charge on any atom is 0.0256 e. The second kappa shape index (κ2) is 5.94. The van der Waals surface area contributed by atoms with Crippen LogP contribution in [0.4, 0.5) is 0 Å². The van der Waals surface area contributed by atoms with Crippen molar-refractivity contribution in [2.75, 3.05) is 6.54 Å². The topological polar surface area (TPSA) is 12.0 Å². The second-order valence-corrected chi connectivity index (χ2v) is 3.76. The highest BCUT2D eigenvalue weighted by Crippen LogP contribution is 2.18. The molecule has 0 aliphatic heterocycles. The zero-order chi connectivity index (χ0) is 9.80. The molecule has 0 aromatic heterocycles. The Balaban J connectivity index is 0.00000112. The Morgan fingerprint density at radius 2 is 2.13 bits per heavy atom. The Morgan fingerprint density at radius 1 is 1.33 bits per heavy atom. The van der Waals surface area contributed by atoms with Crippen LogP contribution in [0.3, 0.4) is 0 Å². The van der Waals surface area contributed by atoms with Gasteiger partial charge in [-0.1, -0.05) is 43.3 Å². The summed E-state index contributed by atoms with van der Waals surface area (Å²) in [5.74, 6) is 0. The third-order valence-electron chi connectivity index (χ3n) is 2.75. The fraction of sp³-hybridized carbons (Fsp3) is 0.385. The van der Waals surface area contributed by atoms with Gasteiger partial charge in [-0.05, 0) is 30.5 Å². The molecule has 0 amide bonds. The zero-order valence-corrected chi connectivity index (χ0v) is 9.89. The van der Waals surface area contributed by atoms with Gasteiger partial charge in [0.25, 0.3) is 0 Å². The van der Waals surface area contributed by atoms with Crippen molar-refractivity contribution in [1.82, 2.24) is 5.32 Å². The fourth-order valence-corrected chi connectivity index (χ4v) is 1.98. The molecule has 1 aromatic carbocycles. The van der Waals surface area contributed by atoms with Gasteiger partial charge in [-0.15, -0.1) is 12.4 Å². The Labute approximate surface area is 98.0 Å². The van der Waals surface area contributed by atoms with E-state index in [1.165, 1.54) is 24.0 Å². The molecule has 15 heavy (non-hydrogen) atoms. The summed E-state index contributed by atoms with van der Waals surface area (Å²) in [6.45, 7) is 3.21. The number of fused-ring (bicyclic) bond motifs is 1. The van der Waals surface area contributed by atoms with E-state index in [0.717, 1.165) is 6.54 Å². The van der Waals surface area contributed by atoms with Crippen LogP contribution < -0.4 is 5.32 Å². The minimum atomic E-state index is 0. The van der Waals surface area contributed by atoms with E-state index in [1.807, 2.05) is 0 Å². The number of rotatable bonds is 2. The fourth-order valence-electron chi connectivity index (χ4n) is 1.98. The molecule has 0 saturated heterocycles. The highest BCUT2D eigenvalue weighted by molar-refractivity contribution is 5.85. The van der Waals surface area contributed by atoms with E-state index >= 15 is 0 Å². The van der Waals surface area contributed by atoms with Gasteiger partial charge in [0.15, 0.2) is 0 Å². The van der Waals surface area contributed by atoms with Crippen molar-refractivity contribution < 1.29 is 0 Å². The first kappa shape index (κ1) is 12.3. The van der Waals surface area contributed by atoms with Crippen molar-refractivity contribution in [3.63, 3.8) is 0 Å². The highest BCUT2D eigenvalue weighted by atomic mass is 35.5. The summed E-state index contributed by atoms with van der Waals surface area (Å²) in [5, 5.41) is 3.47. The Kier molecular flexibility index (Phi) is 4.86. The van der Waals surface area contributed by atoms with Crippen LogP contribution in [0, 0.1) is 0 Å². The molecule has 2 heteroatoms. The molecular weight excluding hydrogens is 206 g/mol. The van der Waals surface area contributed by atoms with E-state index in [0.29, 0.717) is 6.04 Å². The first-order chi connectivity index (χ1) is 6.90. The first-order valence-corrected chi connectivity index (χ1v) is 5.39. The van der Waals surface area contributed by atoms with Crippen LogP contribution in [0.15, 0.2) is 30.3 Å². The van der Waals surface area contributed by atoms with Crippen LogP contribution in [0.5, 0.6) is 0 Å². The normalized spacial score (nSPS) is 18.9. The van der Waals surface area contributed by atoms with Gasteiger partial charge >= 0.3 is 0 Å². The average molecular weight is 224 g/mol. The van der Waals surface area contributed by atoms with E-state index in [9.17, 15) is 0 Å². The molecule has 0 saturated carbocycles. The summed E-state index contributed by atoms with van der Waals surface area (Å²) in [4.78, 5) is 0. The van der Waals surface area contributed by atoms with E-state index in [4.69, 9.17) is 0 Å². The SMILES string of the molecule is CCNC1C=Cc2ccccc2CC1.Cl. The monoisotopic (exact) mass is 223 g/mol. The van der Waals surface area contributed by atoms with Gasteiger partial charge in [0.2, 0.25) is 0 Å². The van der Waals surface area contributed by atoms with Gasteiger partial charge in [0.1, 0.15) is 0 Å². The molecular formula is C13H18ClN. The molecule has 0 fully saturated rings. The summed E-state index contributed by atoms with van der Waals surface area (Å²) >= 11 is 0. The first-order valence-electron chi connectivity index (χ1n) is 5.39. The molecule has 1 N–H and O–H groups in total. The lowest BCUT2D eigenvalue weighted by Gasteiger charge is -2.10. The van der Waals surface area contributed by atoms with Crippen molar-refractivity contribution in [1.29, 1.82) is 0 Å². The molecule has 0 radical (unpaired) electrons. The summed E-state index contributed by atoms with van der Waals surface area (Å²) in [6, 6.07) is 9.21. The van der Waals surface area contributed by atoms with Crippen molar-refractivity contribution >= 4 is 18.5 Å². The minimum Gasteiger partial charge on any atom is -0.311 e. The molecule has 1 unspecified atom stereocenters. The smallest absolute Gasteiger partial charge is 0.0256 e. The molecule has 2 rings (SSSR count). The number of halogens is 1. The summed E-state index contributed by atoms with van der Waals surface area (Å²) < 4.78 is 0. The molecule has 82 valence electrons. The van der Waals surface area contributed by atoms with Crippen LogP contribution in [0.25, 0.3) is 6.08 Å². The lowest BCUT2D eigenvalue weighted by Crippen LogP contribution is -2.26. The number of aryl methyl sites for hydroxylation is 1. The number of benzene rings is 1. The van der Waals surface area contributed by atoms with Crippen molar-refractivity contribution in [3.05, 3.63) is 41.5 Å². The average Bonchev–Trinajstić information content (AvgIpc) is 2.42. The molecule has 1 atom stereocenters. The zero-order valence-electron chi connectivity index (χ0n) is 9.07. The second-order valence-electron chi connectivity index (χ2n) is 3.76. The highest BCUT2D eigenvalue weighted by Gasteiger charge is 2.09. The summed E-state index contributed by atoms with van der Waals surface area (Å²) in [6.07, 6.45) is 6.92. The quantitative estimate of drug-likeness (QED) is 0.813. The number of hydrogen-bond donors (Lipinski definition) is 1. The van der Waals surface area contributed by atoms with Crippen LogP contribution in [0.2, 0.25) is 0 Å². The number of likely N-dealkylation sites (N-methyl/N-ethyl adjacent to an activating group) is 1. The number of hydrogen-bond acceptors (Lipinski definition) is 1. The largest absolute Gasteiger partial charge is 0.311 e. The van der Waals surface area contributed by atoms with E-state index in [2.05, 4.69) is 48.7 Å². The third-order valence-corrected chi connectivity index (χ3v) is 2.75. The molecule has 1 aliphatic carbocycles. The standard InChI is InChI=1S/C13H17N.ClH/c1-2-14-13-9-7-11-5-3-4-6-12(11)8-10-13;/h3-7,9,13-14H,2,8,10H2,1H3;1H. The van der Waals surface area contributed by atoms with Crippen LogP contribution in [-0.4, -0.2) is 12.6 Å². The van der Waals surface area contributed by atoms with Gasteiger partial charge in [-0.25, -0.2) is 0 Å². The Bertz CT molecular complexity index is 333. The van der Waals surface area contributed by atoms with Gasteiger partial charge in [-0.2, -0.15) is 0 Å². The predicted molar refractivity (Wildman–Crippen MR) is 68.5 cm³/mol. The van der Waals surface area contributed by atoms with Crippen LogP contribution in [-0.2, 0) is 6.42 Å². The van der Waals surface area contributed by atoms with E-state index < -0.39 is 0 Å². The van der Waals surface area contributed by atoms with Gasteiger partial charge in [0.05, 0.1) is 0 Å². The van der Waals surface area contributed by atoms with Gasteiger partial charge < -0.3 is 5.32 Å². The third kappa shape index (κ3) is 3.08. The summed E-state index contributed by atoms with van der Waals surface area (Å²) in [5.41, 5.74) is 2.86. The van der Waals surface area contributed by atoms with Crippen molar-refractivity contribution in [2.45, 2.75) is 25.8 Å². The molecule has 0 bridgehead atoms. The lowest BCUT2D eigenvalue weighted by molar-refractivity contribution is 0.578. The maximum absolute atomic E-state index is 3.47. The molecule has 1 nitrogen and oxygen atoms in total. The minimum absolute atomic E-state index is 0. The molecule has 0 spiro atoms. The van der Waals surface area contributed by atoms with Crippen LogP contribution >= 0.6 is 12.4 Å². The Morgan fingerprint density at radius 3 is 2.93 bits per heavy atom. The number of nitrogens with one attached hydrogen (secondary N) is 1. The lowest BCUT2D eigenvalue weighted by atomic mass is 10.0. The van der Waals surface area contributed by atoms with E-state index in [-0.39, 0.29) is 12.4 Å². The van der Waals surface area contributed by atoms with Crippen molar-refractivity contribution in [2.24, 2.45) is 0 Å².